The van der Waals surface area contributed by atoms with Crippen molar-refractivity contribution in [1.29, 1.82) is 0 Å². The first-order chi connectivity index (χ1) is 6.52. The molecule has 74 valence electrons. The number of carboxylic acid groups (broad SMARTS) is 1. The SMILES string of the molecule is CC(=C(F)C(=O)O)c1cccc(C)c1. The number of allylic oxidation sites excluding steroid dienone is 1. The van der Waals surface area contributed by atoms with Crippen LogP contribution in [-0.4, -0.2) is 11.1 Å². The van der Waals surface area contributed by atoms with E-state index in [4.69, 9.17) is 5.11 Å². The maximum absolute atomic E-state index is 13.0. The van der Waals surface area contributed by atoms with Crippen molar-refractivity contribution < 1.29 is 14.3 Å². The molecule has 1 rings (SSSR count). The summed E-state index contributed by atoms with van der Waals surface area (Å²) in [6.45, 7) is 3.33. The number of hydrogen-bond acceptors (Lipinski definition) is 1. The average molecular weight is 194 g/mol. The van der Waals surface area contributed by atoms with E-state index < -0.39 is 11.8 Å². The lowest BCUT2D eigenvalue weighted by molar-refractivity contribution is -0.134. The summed E-state index contributed by atoms with van der Waals surface area (Å²) >= 11 is 0. The third kappa shape index (κ3) is 2.19. The Hall–Kier alpha value is -1.64. The van der Waals surface area contributed by atoms with Gasteiger partial charge in [-0.1, -0.05) is 29.8 Å². The van der Waals surface area contributed by atoms with Gasteiger partial charge in [-0.25, -0.2) is 4.79 Å². The van der Waals surface area contributed by atoms with Crippen LogP contribution in [0.25, 0.3) is 5.57 Å². The molecule has 14 heavy (non-hydrogen) atoms. The molecule has 0 fully saturated rings. The number of rotatable bonds is 2. The highest BCUT2D eigenvalue weighted by molar-refractivity contribution is 5.93. The predicted molar refractivity (Wildman–Crippen MR) is 52.5 cm³/mol. The average Bonchev–Trinajstić information content (AvgIpc) is 2.15. The monoisotopic (exact) mass is 194 g/mol. The number of benzene rings is 1. The van der Waals surface area contributed by atoms with Crippen LogP contribution >= 0.6 is 0 Å². The molecule has 0 amide bonds. The fourth-order valence-electron chi connectivity index (χ4n) is 1.17. The normalized spacial score (nSPS) is 12.2. The molecule has 0 saturated heterocycles. The van der Waals surface area contributed by atoms with Crippen LogP contribution in [0.2, 0.25) is 0 Å². The van der Waals surface area contributed by atoms with Crippen LogP contribution in [0.3, 0.4) is 0 Å². The molecule has 3 heteroatoms. The summed E-state index contributed by atoms with van der Waals surface area (Å²) in [5.74, 6) is -2.63. The van der Waals surface area contributed by atoms with Gasteiger partial charge in [-0.05, 0) is 25.0 Å². The molecule has 1 aromatic carbocycles. The second-order valence-corrected chi connectivity index (χ2v) is 3.11. The number of carboxylic acids is 1. The molecule has 0 aromatic heterocycles. The zero-order valence-electron chi connectivity index (χ0n) is 8.04. The summed E-state index contributed by atoms with van der Waals surface area (Å²) in [4.78, 5) is 10.4. The van der Waals surface area contributed by atoms with E-state index >= 15 is 0 Å². The quantitative estimate of drug-likeness (QED) is 0.735. The Bertz CT molecular complexity index is 394. The Kier molecular flexibility index (Phi) is 3.02. The molecule has 0 atom stereocenters. The summed E-state index contributed by atoms with van der Waals surface area (Å²) in [6.07, 6.45) is 0. The molecule has 0 aliphatic heterocycles. The molecule has 0 unspecified atom stereocenters. The van der Waals surface area contributed by atoms with Crippen molar-refractivity contribution in [1.82, 2.24) is 0 Å². The van der Waals surface area contributed by atoms with E-state index in [-0.39, 0.29) is 5.57 Å². The van der Waals surface area contributed by atoms with Crippen molar-refractivity contribution in [3.05, 3.63) is 41.2 Å². The smallest absolute Gasteiger partial charge is 0.365 e. The fraction of sp³-hybridized carbons (Fsp3) is 0.182. The van der Waals surface area contributed by atoms with E-state index in [2.05, 4.69) is 0 Å². The van der Waals surface area contributed by atoms with Crippen LogP contribution in [0, 0.1) is 6.92 Å². The first kappa shape index (κ1) is 10.4. The summed E-state index contributed by atoms with van der Waals surface area (Å²) in [6, 6.07) is 7.07. The molecule has 0 bridgehead atoms. The zero-order valence-corrected chi connectivity index (χ0v) is 8.04. The Labute approximate surface area is 81.7 Å². The van der Waals surface area contributed by atoms with Gasteiger partial charge < -0.3 is 5.11 Å². The second-order valence-electron chi connectivity index (χ2n) is 3.11. The molecule has 0 spiro atoms. The molecule has 0 radical (unpaired) electrons. The number of aliphatic carboxylic acids is 1. The summed E-state index contributed by atoms with van der Waals surface area (Å²) in [5.41, 5.74) is 1.73. The molecule has 2 nitrogen and oxygen atoms in total. The molecule has 0 saturated carbocycles. The molecular weight excluding hydrogens is 183 g/mol. The highest BCUT2D eigenvalue weighted by atomic mass is 19.1. The maximum Gasteiger partial charge on any atom is 0.365 e. The van der Waals surface area contributed by atoms with Crippen LogP contribution < -0.4 is 0 Å². The number of aryl methyl sites for hydroxylation is 1. The lowest BCUT2D eigenvalue weighted by Gasteiger charge is -2.02. The van der Waals surface area contributed by atoms with E-state index in [1.165, 1.54) is 6.92 Å². The van der Waals surface area contributed by atoms with E-state index in [9.17, 15) is 9.18 Å². The Balaban J connectivity index is 3.18. The molecule has 0 aliphatic carbocycles. The first-order valence-corrected chi connectivity index (χ1v) is 4.19. The highest BCUT2D eigenvalue weighted by Crippen LogP contribution is 2.20. The summed E-state index contributed by atoms with van der Waals surface area (Å²) in [5, 5.41) is 8.45. The van der Waals surface area contributed by atoms with Crippen LogP contribution in [-0.2, 0) is 4.79 Å². The minimum Gasteiger partial charge on any atom is -0.476 e. The van der Waals surface area contributed by atoms with Gasteiger partial charge in [0.05, 0.1) is 0 Å². The van der Waals surface area contributed by atoms with E-state index in [0.717, 1.165) is 5.56 Å². The van der Waals surface area contributed by atoms with Gasteiger partial charge in [-0.3, -0.25) is 0 Å². The predicted octanol–water partition coefficient (Wildman–Crippen LogP) is 2.78. The Morgan fingerprint density at radius 3 is 2.57 bits per heavy atom. The third-order valence-corrected chi connectivity index (χ3v) is 1.97. The lowest BCUT2D eigenvalue weighted by atomic mass is 10.0. The van der Waals surface area contributed by atoms with E-state index in [1.807, 2.05) is 13.0 Å². The first-order valence-electron chi connectivity index (χ1n) is 4.19. The summed E-state index contributed by atoms with van der Waals surface area (Å²) < 4.78 is 13.0. The third-order valence-electron chi connectivity index (χ3n) is 1.97. The van der Waals surface area contributed by atoms with Crippen LogP contribution in [0.15, 0.2) is 30.1 Å². The van der Waals surface area contributed by atoms with Gasteiger partial charge in [-0.2, -0.15) is 4.39 Å². The molecule has 0 heterocycles. The van der Waals surface area contributed by atoms with Gasteiger partial charge in [-0.15, -0.1) is 0 Å². The van der Waals surface area contributed by atoms with Crippen LogP contribution in [0.4, 0.5) is 4.39 Å². The van der Waals surface area contributed by atoms with Gasteiger partial charge in [0.25, 0.3) is 0 Å². The Morgan fingerprint density at radius 1 is 1.43 bits per heavy atom. The van der Waals surface area contributed by atoms with Gasteiger partial charge >= 0.3 is 5.97 Å². The van der Waals surface area contributed by atoms with Crippen molar-refractivity contribution in [2.75, 3.05) is 0 Å². The van der Waals surface area contributed by atoms with E-state index in [0.29, 0.717) is 5.56 Å². The Morgan fingerprint density at radius 2 is 2.07 bits per heavy atom. The van der Waals surface area contributed by atoms with Crippen molar-refractivity contribution >= 4 is 11.5 Å². The molecule has 1 aromatic rings. The van der Waals surface area contributed by atoms with Gasteiger partial charge in [0.1, 0.15) is 0 Å². The zero-order chi connectivity index (χ0) is 10.7. The largest absolute Gasteiger partial charge is 0.476 e. The van der Waals surface area contributed by atoms with Crippen molar-refractivity contribution in [3.63, 3.8) is 0 Å². The fourth-order valence-corrected chi connectivity index (χ4v) is 1.17. The molecule has 0 aliphatic rings. The van der Waals surface area contributed by atoms with Gasteiger partial charge in [0.2, 0.25) is 5.83 Å². The van der Waals surface area contributed by atoms with Crippen molar-refractivity contribution in [3.8, 4) is 0 Å². The number of carbonyl (C=O) groups is 1. The standard InChI is InChI=1S/C11H11FO2/c1-7-4-3-5-9(6-7)8(2)10(12)11(13)14/h3-6H,1-2H3,(H,13,14). The van der Waals surface area contributed by atoms with Gasteiger partial charge in [0.15, 0.2) is 0 Å². The minimum atomic E-state index is -1.52. The highest BCUT2D eigenvalue weighted by Gasteiger charge is 2.11. The summed E-state index contributed by atoms with van der Waals surface area (Å²) in [7, 11) is 0. The van der Waals surface area contributed by atoms with Crippen LogP contribution in [0.1, 0.15) is 18.1 Å². The van der Waals surface area contributed by atoms with Crippen molar-refractivity contribution in [2.45, 2.75) is 13.8 Å². The van der Waals surface area contributed by atoms with Crippen molar-refractivity contribution in [2.24, 2.45) is 0 Å². The number of hydrogen-bond donors (Lipinski definition) is 1. The lowest BCUT2D eigenvalue weighted by Crippen LogP contribution is -1.97. The van der Waals surface area contributed by atoms with E-state index in [1.54, 1.807) is 18.2 Å². The molecular formula is C11H11FO2. The topological polar surface area (TPSA) is 37.3 Å². The maximum atomic E-state index is 13.0. The number of halogens is 1. The minimum absolute atomic E-state index is 0.154. The second kappa shape index (κ2) is 4.05. The van der Waals surface area contributed by atoms with Crippen LogP contribution in [0.5, 0.6) is 0 Å². The van der Waals surface area contributed by atoms with Gasteiger partial charge in [0, 0.05) is 0 Å². The molecule has 1 N–H and O–H groups in total.